The number of alkyl halides is 3. The van der Waals surface area contributed by atoms with E-state index in [1.807, 2.05) is 49.4 Å². The van der Waals surface area contributed by atoms with Crippen molar-refractivity contribution in [2.75, 3.05) is 19.0 Å². The van der Waals surface area contributed by atoms with Crippen LogP contribution in [0.4, 0.5) is 18.9 Å². The van der Waals surface area contributed by atoms with Crippen molar-refractivity contribution in [1.82, 2.24) is 0 Å². The summed E-state index contributed by atoms with van der Waals surface area (Å²) in [7, 11) is 1.41. The minimum Gasteiger partial charge on any atom is -0.493 e. The van der Waals surface area contributed by atoms with E-state index in [2.05, 4.69) is 5.32 Å². The van der Waals surface area contributed by atoms with Crippen LogP contribution in [0.15, 0.2) is 90.5 Å². The molecule has 232 valence electrons. The Labute approximate surface area is 263 Å². The lowest BCUT2D eigenvalue weighted by Crippen LogP contribution is -2.14. The Balaban J connectivity index is 1.48. The van der Waals surface area contributed by atoms with Gasteiger partial charge >= 0.3 is 6.18 Å². The number of benzene rings is 4. The molecule has 4 aromatic carbocycles. The molecule has 0 saturated heterocycles. The van der Waals surface area contributed by atoms with Crippen LogP contribution in [0.25, 0.3) is 6.08 Å². The third-order valence-corrected chi connectivity index (χ3v) is 6.58. The standard InChI is InChI=1S/C34H28ClF3N2O5/c1-3-43-30-16-23(12-13-29(30)44-20-22-8-5-4-6-9-22)21-45-32-28(35)15-24(17-31(32)42-2)14-25(19-39)33(41)40-27-11-7-10-26(18-27)34(36,37)38/h4-18H,3,20-21H2,1-2H3,(H,40,41)/b25-14+. The van der Waals surface area contributed by atoms with Crippen LogP contribution in [0, 0.1) is 11.3 Å². The number of nitriles is 1. The van der Waals surface area contributed by atoms with Gasteiger partial charge in [0.2, 0.25) is 0 Å². The molecule has 1 N–H and O–H groups in total. The molecule has 0 aliphatic carbocycles. The van der Waals surface area contributed by atoms with Gasteiger partial charge in [-0.05, 0) is 72.2 Å². The Morgan fingerprint density at radius 2 is 1.64 bits per heavy atom. The molecular formula is C34H28ClF3N2O5. The van der Waals surface area contributed by atoms with Crippen LogP contribution < -0.4 is 24.3 Å². The van der Waals surface area contributed by atoms with Crippen LogP contribution in [-0.4, -0.2) is 19.6 Å². The third kappa shape index (κ3) is 8.94. The van der Waals surface area contributed by atoms with Crippen molar-refractivity contribution >= 4 is 29.3 Å². The van der Waals surface area contributed by atoms with Crippen molar-refractivity contribution in [2.45, 2.75) is 26.3 Å². The molecule has 11 heteroatoms. The SMILES string of the molecule is CCOc1cc(COc2c(Cl)cc(/C=C(\C#N)C(=O)Nc3cccc(C(F)(F)F)c3)cc2OC)ccc1OCc1ccccc1. The first-order chi connectivity index (χ1) is 21.6. The summed E-state index contributed by atoms with van der Waals surface area (Å²) in [5.74, 6) is 0.707. The van der Waals surface area contributed by atoms with Gasteiger partial charge in [0, 0.05) is 5.69 Å². The maximum Gasteiger partial charge on any atom is 0.416 e. The highest BCUT2D eigenvalue weighted by Gasteiger charge is 2.30. The Hall–Kier alpha value is -5.14. The number of nitrogens with one attached hydrogen (secondary N) is 1. The number of rotatable bonds is 12. The molecule has 4 aromatic rings. The fraction of sp³-hybridized carbons (Fsp3) is 0.176. The van der Waals surface area contributed by atoms with Crippen LogP contribution in [-0.2, 0) is 24.2 Å². The minimum atomic E-state index is -4.59. The zero-order chi connectivity index (χ0) is 32.4. The summed E-state index contributed by atoms with van der Waals surface area (Å²) in [6.45, 7) is 2.79. The van der Waals surface area contributed by atoms with E-state index in [9.17, 15) is 23.2 Å². The van der Waals surface area contributed by atoms with Gasteiger partial charge in [-0.2, -0.15) is 18.4 Å². The fourth-order valence-electron chi connectivity index (χ4n) is 4.17. The largest absolute Gasteiger partial charge is 0.493 e. The van der Waals surface area contributed by atoms with Gasteiger partial charge in [0.25, 0.3) is 5.91 Å². The lowest BCUT2D eigenvalue weighted by molar-refractivity contribution is -0.137. The van der Waals surface area contributed by atoms with Gasteiger partial charge < -0.3 is 24.3 Å². The van der Waals surface area contributed by atoms with Gasteiger partial charge in [-0.1, -0.05) is 54.1 Å². The number of hydrogen-bond donors (Lipinski definition) is 1. The van der Waals surface area contributed by atoms with Gasteiger partial charge in [-0.25, -0.2) is 0 Å². The van der Waals surface area contributed by atoms with Crippen molar-refractivity contribution in [3.05, 3.63) is 118 Å². The molecule has 0 spiro atoms. The van der Waals surface area contributed by atoms with Gasteiger partial charge in [-0.3, -0.25) is 4.79 Å². The molecule has 0 atom stereocenters. The molecule has 7 nitrogen and oxygen atoms in total. The molecule has 0 fully saturated rings. The van der Waals surface area contributed by atoms with E-state index < -0.39 is 17.6 Å². The second kappa shape index (κ2) is 15.0. The molecule has 0 aromatic heterocycles. The molecule has 0 bridgehead atoms. The summed E-state index contributed by atoms with van der Waals surface area (Å²) in [5, 5.41) is 12.0. The molecular weight excluding hydrogens is 609 g/mol. The summed E-state index contributed by atoms with van der Waals surface area (Å²) < 4.78 is 62.3. The monoisotopic (exact) mass is 636 g/mol. The van der Waals surface area contributed by atoms with Crippen molar-refractivity contribution in [3.8, 4) is 29.1 Å². The van der Waals surface area contributed by atoms with E-state index in [-0.39, 0.29) is 34.4 Å². The van der Waals surface area contributed by atoms with Gasteiger partial charge in [0.1, 0.15) is 24.9 Å². The Morgan fingerprint density at radius 1 is 0.889 bits per heavy atom. The Kier molecular flexibility index (Phi) is 11.0. The molecule has 1 amide bonds. The molecule has 0 aliphatic rings. The van der Waals surface area contributed by atoms with E-state index in [0.717, 1.165) is 29.3 Å². The average molecular weight is 637 g/mol. The number of ether oxygens (including phenoxy) is 4. The molecule has 0 saturated carbocycles. The number of nitrogens with zero attached hydrogens (tertiary/aromatic N) is 1. The lowest BCUT2D eigenvalue weighted by Gasteiger charge is -2.16. The van der Waals surface area contributed by atoms with E-state index in [1.165, 1.54) is 31.4 Å². The van der Waals surface area contributed by atoms with Crippen LogP contribution in [0.5, 0.6) is 23.0 Å². The number of halogens is 4. The van der Waals surface area contributed by atoms with Crippen molar-refractivity contribution < 1.29 is 36.9 Å². The first-order valence-electron chi connectivity index (χ1n) is 13.6. The molecule has 0 unspecified atom stereocenters. The topological polar surface area (TPSA) is 89.8 Å². The van der Waals surface area contributed by atoms with Gasteiger partial charge in [-0.15, -0.1) is 0 Å². The number of anilines is 1. The molecule has 0 radical (unpaired) electrons. The highest BCUT2D eigenvalue weighted by Crippen LogP contribution is 2.38. The second-order valence-electron chi connectivity index (χ2n) is 9.51. The van der Waals surface area contributed by atoms with E-state index >= 15 is 0 Å². The van der Waals surface area contributed by atoms with Crippen LogP contribution >= 0.6 is 11.6 Å². The maximum absolute atomic E-state index is 13.0. The van der Waals surface area contributed by atoms with Crippen molar-refractivity contribution in [3.63, 3.8) is 0 Å². The first kappa shape index (κ1) is 32.8. The highest BCUT2D eigenvalue weighted by atomic mass is 35.5. The second-order valence-corrected chi connectivity index (χ2v) is 9.92. The lowest BCUT2D eigenvalue weighted by atomic mass is 10.1. The summed E-state index contributed by atoms with van der Waals surface area (Å²) in [6.07, 6.45) is -3.35. The van der Waals surface area contributed by atoms with Crippen LogP contribution in [0.2, 0.25) is 5.02 Å². The van der Waals surface area contributed by atoms with Crippen molar-refractivity contribution in [1.29, 1.82) is 5.26 Å². The maximum atomic E-state index is 13.0. The van der Waals surface area contributed by atoms with Gasteiger partial charge in [0.05, 0.1) is 24.3 Å². The number of hydrogen-bond acceptors (Lipinski definition) is 6. The fourth-order valence-corrected chi connectivity index (χ4v) is 4.44. The van der Waals surface area contributed by atoms with E-state index in [1.54, 1.807) is 12.1 Å². The number of methoxy groups -OCH3 is 1. The van der Waals surface area contributed by atoms with Gasteiger partial charge in [0.15, 0.2) is 23.0 Å². The normalized spacial score (nSPS) is 11.4. The quantitative estimate of drug-likeness (QED) is 0.124. The number of carbonyl (C=O) groups excluding carboxylic acids is 1. The zero-order valence-electron chi connectivity index (χ0n) is 24.3. The predicted octanol–water partition coefficient (Wildman–Crippen LogP) is 8.47. The number of carbonyl (C=O) groups is 1. The van der Waals surface area contributed by atoms with Crippen molar-refractivity contribution in [2.24, 2.45) is 0 Å². The van der Waals surface area contributed by atoms with Crippen LogP contribution in [0.3, 0.4) is 0 Å². The molecule has 0 aliphatic heterocycles. The highest BCUT2D eigenvalue weighted by molar-refractivity contribution is 6.32. The smallest absolute Gasteiger partial charge is 0.416 e. The summed E-state index contributed by atoms with van der Waals surface area (Å²) in [4.78, 5) is 12.7. The average Bonchev–Trinajstić information content (AvgIpc) is 3.02. The molecule has 0 heterocycles. The first-order valence-corrected chi connectivity index (χ1v) is 14.0. The zero-order valence-corrected chi connectivity index (χ0v) is 25.0. The number of amides is 1. The van der Waals surface area contributed by atoms with E-state index in [4.69, 9.17) is 30.5 Å². The summed E-state index contributed by atoms with van der Waals surface area (Å²) in [5.41, 5.74) is 0.710. The Morgan fingerprint density at radius 3 is 2.33 bits per heavy atom. The third-order valence-electron chi connectivity index (χ3n) is 6.30. The molecule has 4 rings (SSSR count). The summed E-state index contributed by atoms with van der Waals surface area (Å²) in [6, 6.07) is 24.0. The Bertz CT molecular complexity index is 1720. The predicted molar refractivity (Wildman–Crippen MR) is 164 cm³/mol. The summed E-state index contributed by atoms with van der Waals surface area (Å²) >= 11 is 6.51. The van der Waals surface area contributed by atoms with E-state index in [0.29, 0.717) is 30.3 Å². The van der Waals surface area contributed by atoms with Crippen LogP contribution in [0.1, 0.15) is 29.2 Å². The minimum absolute atomic E-state index is 0.104. The molecule has 45 heavy (non-hydrogen) atoms.